The van der Waals surface area contributed by atoms with Crippen molar-refractivity contribution in [3.05, 3.63) is 57.6 Å². The highest BCUT2D eigenvalue weighted by molar-refractivity contribution is 7.89. The third-order valence-electron chi connectivity index (χ3n) is 4.06. The lowest BCUT2D eigenvalue weighted by Crippen LogP contribution is -2.24. The van der Waals surface area contributed by atoms with E-state index < -0.39 is 15.4 Å². The summed E-state index contributed by atoms with van der Waals surface area (Å²) < 4.78 is 24.3. The van der Waals surface area contributed by atoms with Gasteiger partial charge in [-0.25, -0.2) is 13.6 Å². The molecule has 2 aromatic carbocycles. The maximum Gasteiger partial charge on any atom is 0.238 e. The molecule has 7 heteroatoms. The van der Waals surface area contributed by atoms with Gasteiger partial charge in [0, 0.05) is 23.6 Å². The van der Waals surface area contributed by atoms with E-state index in [9.17, 15) is 13.5 Å². The normalized spacial score (nSPS) is 12.4. The van der Waals surface area contributed by atoms with Gasteiger partial charge in [0.2, 0.25) is 10.0 Å². The van der Waals surface area contributed by atoms with Gasteiger partial charge in [0.05, 0.1) is 4.90 Å². The predicted molar refractivity (Wildman–Crippen MR) is 100 cm³/mol. The smallest absolute Gasteiger partial charge is 0.238 e. The van der Waals surface area contributed by atoms with E-state index in [1.807, 2.05) is 39.0 Å². The lowest BCUT2D eigenvalue weighted by molar-refractivity contribution is 0.455. The molecule has 136 valence electrons. The number of hydrogen-bond donors (Lipinski definition) is 3. The van der Waals surface area contributed by atoms with E-state index in [2.05, 4.69) is 0 Å². The topological polar surface area (TPSA) is 106 Å². The van der Waals surface area contributed by atoms with Gasteiger partial charge in [0.25, 0.3) is 0 Å². The molecule has 0 saturated carbocycles. The highest BCUT2D eigenvalue weighted by Gasteiger charge is 2.30. The first kappa shape index (κ1) is 19.7. The van der Waals surface area contributed by atoms with Crippen LogP contribution in [-0.4, -0.2) is 13.5 Å². The fourth-order valence-corrected chi connectivity index (χ4v) is 4.22. The molecule has 5 nitrogen and oxygen atoms in total. The minimum Gasteiger partial charge on any atom is -0.507 e. The summed E-state index contributed by atoms with van der Waals surface area (Å²) in [7, 11) is -4.05. The highest BCUT2D eigenvalue weighted by atomic mass is 35.5. The summed E-state index contributed by atoms with van der Waals surface area (Å²) in [5.41, 5.74) is 7.29. The summed E-state index contributed by atoms with van der Waals surface area (Å²) in [6.07, 6.45) is 0.354. The Morgan fingerprint density at radius 1 is 1.16 bits per heavy atom. The number of phenols is 1. The van der Waals surface area contributed by atoms with Crippen molar-refractivity contribution in [1.29, 1.82) is 0 Å². The van der Waals surface area contributed by atoms with Gasteiger partial charge < -0.3 is 10.8 Å². The summed E-state index contributed by atoms with van der Waals surface area (Å²) in [4.78, 5) is -0.0945. The second-order valence-electron chi connectivity index (χ2n) is 7.01. The molecule has 0 aliphatic heterocycles. The van der Waals surface area contributed by atoms with Crippen LogP contribution in [0.2, 0.25) is 5.02 Å². The first-order valence-electron chi connectivity index (χ1n) is 7.81. The number of benzene rings is 2. The van der Waals surface area contributed by atoms with Gasteiger partial charge in [-0.15, -0.1) is 0 Å². The van der Waals surface area contributed by atoms with Crippen molar-refractivity contribution >= 4 is 21.6 Å². The zero-order chi connectivity index (χ0) is 19.0. The van der Waals surface area contributed by atoms with Crippen molar-refractivity contribution in [3.63, 3.8) is 0 Å². The molecule has 0 fully saturated rings. The fraction of sp³-hybridized carbons (Fsp3) is 0.333. The number of phenolic OH excluding ortho intramolecular Hbond substituents is 1. The van der Waals surface area contributed by atoms with Gasteiger partial charge in [-0.3, -0.25) is 0 Å². The molecule has 2 aromatic rings. The first-order valence-corrected chi connectivity index (χ1v) is 9.73. The lowest BCUT2D eigenvalue weighted by Gasteiger charge is -2.26. The zero-order valence-corrected chi connectivity index (χ0v) is 16.1. The van der Waals surface area contributed by atoms with E-state index in [4.69, 9.17) is 22.5 Å². The molecule has 0 spiro atoms. The van der Waals surface area contributed by atoms with E-state index in [-0.39, 0.29) is 22.8 Å². The molecule has 0 radical (unpaired) electrons. The van der Waals surface area contributed by atoms with Crippen LogP contribution < -0.4 is 10.9 Å². The number of halogens is 1. The van der Waals surface area contributed by atoms with E-state index in [1.165, 1.54) is 0 Å². The molecule has 0 aromatic heterocycles. The summed E-state index contributed by atoms with van der Waals surface area (Å²) in [6, 6.07) is 8.97. The van der Waals surface area contributed by atoms with Crippen LogP contribution in [0.1, 0.15) is 43.0 Å². The van der Waals surface area contributed by atoms with Gasteiger partial charge in [-0.2, -0.15) is 0 Å². The number of hydrogen-bond acceptors (Lipinski definition) is 4. The predicted octanol–water partition coefficient (Wildman–Crippen LogP) is 3.04. The van der Waals surface area contributed by atoms with Gasteiger partial charge in [-0.1, -0.05) is 50.6 Å². The maximum atomic E-state index is 12.1. The third kappa shape index (κ3) is 4.15. The van der Waals surface area contributed by atoms with Crippen LogP contribution in [0, 0.1) is 0 Å². The van der Waals surface area contributed by atoms with Gasteiger partial charge in [0.15, 0.2) is 0 Å². The van der Waals surface area contributed by atoms with E-state index in [1.54, 1.807) is 12.1 Å². The molecule has 0 bridgehead atoms. The van der Waals surface area contributed by atoms with E-state index in [0.717, 1.165) is 5.56 Å². The van der Waals surface area contributed by atoms with Crippen molar-refractivity contribution in [1.82, 2.24) is 0 Å². The number of sulfonamides is 1. The SMILES string of the molecule is CC(C)(C)c1cc(Cc2ccccc2Cl)c(O)c(CN)c1S(N)(=O)=O. The Labute approximate surface area is 153 Å². The number of primary sulfonamides is 1. The molecule has 0 aliphatic rings. The van der Waals surface area contributed by atoms with Crippen molar-refractivity contribution in [2.24, 2.45) is 10.9 Å². The Morgan fingerprint density at radius 3 is 2.24 bits per heavy atom. The lowest BCUT2D eigenvalue weighted by atomic mass is 9.83. The molecule has 0 saturated heterocycles. The summed E-state index contributed by atoms with van der Waals surface area (Å²) >= 11 is 6.21. The number of nitrogens with two attached hydrogens (primary N) is 2. The van der Waals surface area contributed by atoms with Crippen molar-refractivity contribution < 1.29 is 13.5 Å². The summed E-state index contributed by atoms with van der Waals surface area (Å²) in [6.45, 7) is 5.51. The minimum atomic E-state index is -4.05. The van der Waals surface area contributed by atoms with Crippen LogP contribution >= 0.6 is 11.6 Å². The number of aromatic hydroxyl groups is 1. The largest absolute Gasteiger partial charge is 0.507 e. The van der Waals surface area contributed by atoms with Crippen LogP contribution in [-0.2, 0) is 28.4 Å². The fourth-order valence-electron chi connectivity index (χ4n) is 2.83. The second kappa shape index (κ2) is 6.96. The molecule has 2 rings (SSSR count). The monoisotopic (exact) mass is 382 g/mol. The van der Waals surface area contributed by atoms with Crippen molar-refractivity contribution in [2.45, 2.75) is 44.0 Å². The summed E-state index contributed by atoms with van der Waals surface area (Å²) in [5.74, 6) is -0.153. The van der Waals surface area contributed by atoms with E-state index in [0.29, 0.717) is 22.6 Å². The molecule has 0 aliphatic carbocycles. The molecule has 0 unspecified atom stereocenters. The Kier molecular flexibility index (Phi) is 5.49. The summed E-state index contributed by atoms with van der Waals surface area (Å²) in [5, 5.41) is 16.6. The molecule has 5 N–H and O–H groups in total. The number of rotatable bonds is 4. The first-order chi connectivity index (χ1) is 11.5. The Morgan fingerprint density at radius 2 is 1.76 bits per heavy atom. The van der Waals surface area contributed by atoms with Crippen LogP contribution in [0.4, 0.5) is 0 Å². The van der Waals surface area contributed by atoms with Gasteiger partial charge >= 0.3 is 0 Å². The molecule has 0 amide bonds. The Hall–Kier alpha value is -1.60. The zero-order valence-electron chi connectivity index (χ0n) is 14.5. The van der Waals surface area contributed by atoms with Gasteiger partial charge in [0.1, 0.15) is 5.75 Å². The van der Waals surface area contributed by atoms with Gasteiger partial charge in [-0.05, 0) is 34.2 Å². The molecule has 25 heavy (non-hydrogen) atoms. The Bertz CT molecular complexity index is 903. The van der Waals surface area contributed by atoms with Crippen molar-refractivity contribution in [3.8, 4) is 5.75 Å². The third-order valence-corrected chi connectivity index (χ3v) is 5.47. The second-order valence-corrected chi connectivity index (χ2v) is 8.91. The van der Waals surface area contributed by atoms with Crippen LogP contribution in [0.3, 0.4) is 0 Å². The van der Waals surface area contributed by atoms with E-state index >= 15 is 0 Å². The average molecular weight is 383 g/mol. The highest BCUT2D eigenvalue weighted by Crippen LogP contribution is 2.38. The molecule has 0 atom stereocenters. The van der Waals surface area contributed by atoms with Crippen LogP contribution in [0.5, 0.6) is 5.75 Å². The molecular weight excluding hydrogens is 360 g/mol. The van der Waals surface area contributed by atoms with Crippen molar-refractivity contribution in [2.75, 3.05) is 0 Å². The average Bonchev–Trinajstić information content (AvgIpc) is 2.48. The molecule has 0 heterocycles. The standard InChI is InChI=1S/C18H23ClN2O3S/c1-18(2,3)14-9-12(8-11-6-4-5-7-15(11)19)16(22)13(10-20)17(14)25(21,23)24/h4-7,9,22H,8,10,20H2,1-3H3,(H2,21,23,24). The maximum absolute atomic E-state index is 12.1. The quantitative estimate of drug-likeness (QED) is 0.755. The van der Waals surface area contributed by atoms with Crippen LogP contribution in [0.15, 0.2) is 35.2 Å². The minimum absolute atomic E-state index is 0.0945. The van der Waals surface area contributed by atoms with Crippen LogP contribution in [0.25, 0.3) is 0 Å². The molecular formula is C18H23ClN2O3S. The Balaban J connectivity index is 2.78.